The van der Waals surface area contributed by atoms with Crippen LogP contribution in [0.15, 0.2) is 36.4 Å². The highest BCUT2D eigenvalue weighted by molar-refractivity contribution is 5.71. The smallest absolute Gasteiger partial charge is 0.215 e. The van der Waals surface area contributed by atoms with Crippen LogP contribution < -0.4 is 4.74 Å². The number of pyridine rings is 1. The van der Waals surface area contributed by atoms with Crippen molar-refractivity contribution in [2.75, 3.05) is 6.61 Å². The van der Waals surface area contributed by atoms with Crippen LogP contribution >= 0.6 is 0 Å². The first-order valence-electron chi connectivity index (χ1n) is 6.51. The first-order valence-corrected chi connectivity index (χ1v) is 6.51. The Morgan fingerprint density at radius 1 is 1.15 bits per heavy atom. The molecule has 0 fully saturated rings. The number of benzene rings is 1. The van der Waals surface area contributed by atoms with Crippen molar-refractivity contribution in [2.24, 2.45) is 0 Å². The van der Waals surface area contributed by atoms with Gasteiger partial charge in [-0.3, -0.25) is 0 Å². The SMILES string of the molecule is CCOc1ccc2[nH]c(Cc3ccccc3O)nc2n1. The van der Waals surface area contributed by atoms with Crippen molar-refractivity contribution in [3.63, 3.8) is 0 Å². The fourth-order valence-corrected chi connectivity index (χ4v) is 2.08. The Kier molecular flexibility index (Phi) is 3.25. The number of aromatic hydroxyl groups is 1. The zero-order valence-electron chi connectivity index (χ0n) is 11.1. The number of ether oxygens (including phenoxy) is 1. The van der Waals surface area contributed by atoms with E-state index in [9.17, 15) is 5.11 Å². The fraction of sp³-hybridized carbons (Fsp3) is 0.200. The van der Waals surface area contributed by atoms with Crippen LogP contribution in [0, 0.1) is 0 Å². The Balaban J connectivity index is 1.91. The van der Waals surface area contributed by atoms with Gasteiger partial charge in [-0.25, -0.2) is 4.98 Å². The molecule has 0 radical (unpaired) electrons. The van der Waals surface area contributed by atoms with Gasteiger partial charge in [-0.1, -0.05) is 18.2 Å². The van der Waals surface area contributed by atoms with Crippen LogP contribution in [0.5, 0.6) is 11.6 Å². The van der Waals surface area contributed by atoms with Crippen molar-refractivity contribution < 1.29 is 9.84 Å². The molecule has 0 bridgehead atoms. The van der Waals surface area contributed by atoms with Gasteiger partial charge in [0.2, 0.25) is 5.88 Å². The predicted octanol–water partition coefficient (Wildman–Crippen LogP) is 2.65. The number of phenols is 1. The van der Waals surface area contributed by atoms with Crippen LogP contribution in [0.2, 0.25) is 0 Å². The molecular formula is C15H15N3O2. The predicted molar refractivity (Wildman–Crippen MR) is 76.0 cm³/mol. The van der Waals surface area contributed by atoms with Crippen molar-refractivity contribution in [2.45, 2.75) is 13.3 Å². The quantitative estimate of drug-likeness (QED) is 0.764. The van der Waals surface area contributed by atoms with Crippen LogP contribution in [0.4, 0.5) is 0 Å². The van der Waals surface area contributed by atoms with E-state index in [1.54, 1.807) is 12.1 Å². The van der Waals surface area contributed by atoms with Gasteiger partial charge < -0.3 is 14.8 Å². The minimum absolute atomic E-state index is 0.274. The van der Waals surface area contributed by atoms with Gasteiger partial charge in [-0.2, -0.15) is 4.98 Å². The number of rotatable bonds is 4. The van der Waals surface area contributed by atoms with Crippen LogP contribution in [0.3, 0.4) is 0 Å². The summed E-state index contributed by atoms with van der Waals surface area (Å²) < 4.78 is 5.36. The number of nitrogens with zero attached hydrogens (tertiary/aromatic N) is 2. The van der Waals surface area contributed by atoms with Gasteiger partial charge in [0.1, 0.15) is 11.6 Å². The maximum Gasteiger partial charge on any atom is 0.215 e. The molecule has 2 N–H and O–H groups in total. The van der Waals surface area contributed by atoms with E-state index in [0.29, 0.717) is 24.6 Å². The van der Waals surface area contributed by atoms with Gasteiger partial charge in [-0.15, -0.1) is 0 Å². The summed E-state index contributed by atoms with van der Waals surface area (Å²) >= 11 is 0. The number of phenolic OH excluding ortho intramolecular Hbond substituents is 1. The minimum Gasteiger partial charge on any atom is -0.508 e. The maximum atomic E-state index is 9.78. The number of hydrogen-bond donors (Lipinski definition) is 2. The second-order valence-corrected chi connectivity index (χ2v) is 4.44. The number of aromatic nitrogens is 3. The Hall–Kier alpha value is -2.56. The van der Waals surface area contributed by atoms with E-state index < -0.39 is 0 Å². The molecule has 0 aliphatic heterocycles. The van der Waals surface area contributed by atoms with Crippen LogP contribution in [0.25, 0.3) is 11.2 Å². The third kappa shape index (κ3) is 2.42. The van der Waals surface area contributed by atoms with Crippen LogP contribution in [-0.4, -0.2) is 26.7 Å². The molecule has 0 saturated carbocycles. The molecule has 102 valence electrons. The molecule has 1 aromatic carbocycles. The third-order valence-corrected chi connectivity index (χ3v) is 3.01. The zero-order valence-corrected chi connectivity index (χ0v) is 11.1. The summed E-state index contributed by atoms with van der Waals surface area (Å²) in [4.78, 5) is 12.0. The molecule has 3 aromatic rings. The second-order valence-electron chi connectivity index (χ2n) is 4.44. The number of aromatic amines is 1. The summed E-state index contributed by atoms with van der Waals surface area (Å²) in [5.74, 6) is 1.61. The second kappa shape index (κ2) is 5.21. The average Bonchev–Trinajstić information content (AvgIpc) is 2.83. The fourth-order valence-electron chi connectivity index (χ4n) is 2.08. The van der Waals surface area contributed by atoms with Gasteiger partial charge in [0, 0.05) is 18.1 Å². The molecule has 0 amide bonds. The topological polar surface area (TPSA) is 71.0 Å². The van der Waals surface area contributed by atoms with Crippen LogP contribution in [0.1, 0.15) is 18.3 Å². The number of fused-ring (bicyclic) bond motifs is 1. The van der Waals surface area contributed by atoms with Gasteiger partial charge in [0.05, 0.1) is 12.1 Å². The standard InChI is InChI=1S/C15H15N3O2/c1-2-20-14-8-7-11-15(18-14)17-13(16-11)9-10-5-3-4-6-12(10)19/h3-8,19H,2,9H2,1H3,(H,16,17,18). The molecule has 0 saturated heterocycles. The molecule has 0 spiro atoms. The van der Waals surface area contributed by atoms with Crippen molar-refractivity contribution in [3.8, 4) is 11.6 Å². The molecule has 0 aliphatic carbocycles. The van der Waals surface area contributed by atoms with Crippen molar-refractivity contribution in [1.29, 1.82) is 0 Å². The molecule has 5 nitrogen and oxygen atoms in total. The van der Waals surface area contributed by atoms with Crippen LogP contribution in [-0.2, 0) is 6.42 Å². The lowest BCUT2D eigenvalue weighted by atomic mass is 10.1. The van der Waals surface area contributed by atoms with Gasteiger partial charge in [0.25, 0.3) is 0 Å². The van der Waals surface area contributed by atoms with Gasteiger partial charge in [0.15, 0.2) is 5.65 Å². The highest BCUT2D eigenvalue weighted by Crippen LogP contribution is 2.20. The van der Waals surface area contributed by atoms with Crippen molar-refractivity contribution >= 4 is 11.2 Å². The first kappa shape index (κ1) is 12.5. The summed E-state index contributed by atoms with van der Waals surface area (Å²) in [6.07, 6.45) is 0.535. The number of H-pyrrole nitrogens is 1. The molecule has 20 heavy (non-hydrogen) atoms. The minimum atomic E-state index is 0.274. The van der Waals surface area contributed by atoms with E-state index in [-0.39, 0.29) is 5.75 Å². The molecule has 3 rings (SSSR count). The van der Waals surface area contributed by atoms with Gasteiger partial charge >= 0.3 is 0 Å². The van der Waals surface area contributed by atoms with E-state index in [0.717, 1.165) is 16.9 Å². The molecule has 2 aromatic heterocycles. The molecule has 0 atom stereocenters. The van der Waals surface area contributed by atoms with Gasteiger partial charge in [-0.05, 0) is 19.1 Å². The summed E-state index contributed by atoms with van der Waals surface area (Å²) in [7, 11) is 0. The lowest BCUT2D eigenvalue weighted by Gasteiger charge is -2.00. The zero-order chi connectivity index (χ0) is 13.9. The summed E-state index contributed by atoms with van der Waals surface area (Å²) in [5, 5.41) is 9.78. The molecule has 0 unspecified atom stereocenters. The number of imidazole rings is 1. The lowest BCUT2D eigenvalue weighted by molar-refractivity contribution is 0.328. The maximum absolute atomic E-state index is 9.78. The Morgan fingerprint density at radius 2 is 2.00 bits per heavy atom. The highest BCUT2D eigenvalue weighted by atomic mass is 16.5. The van der Waals surface area contributed by atoms with E-state index in [1.807, 2.05) is 31.2 Å². The van der Waals surface area contributed by atoms with E-state index in [1.165, 1.54) is 0 Å². The lowest BCUT2D eigenvalue weighted by Crippen LogP contribution is -1.93. The Bertz CT molecular complexity index is 737. The largest absolute Gasteiger partial charge is 0.508 e. The first-order chi connectivity index (χ1) is 9.76. The summed E-state index contributed by atoms with van der Waals surface area (Å²) in [6.45, 7) is 2.49. The average molecular weight is 269 g/mol. The van der Waals surface area contributed by atoms with E-state index >= 15 is 0 Å². The molecule has 0 aliphatic rings. The van der Waals surface area contributed by atoms with E-state index in [4.69, 9.17) is 4.74 Å². The highest BCUT2D eigenvalue weighted by Gasteiger charge is 2.08. The molecular weight excluding hydrogens is 254 g/mol. The number of nitrogens with one attached hydrogen (secondary N) is 1. The number of para-hydroxylation sites is 1. The van der Waals surface area contributed by atoms with E-state index in [2.05, 4.69) is 15.0 Å². The normalized spacial score (nSPS) is 10.8. The Morgan fingerprint density at radius 3 is 2.80 bits per heavy atom. The molecule has 2 heterocycles. The Labute approximate surface area is 116 Å². The van der Waals surface area contributed by atoms with Crippen molar-refractivity contribution in [1.82, 2.24) is 15.0 Å². The summed E-state index contributed by atoms with van der Waals surface area (Å²) in [5.41, 5.74) is 2.32. The molecule has 5 heteroatoms. The number of hydrogen-bond acceptors (Lipinski definition) is 4. The van der Waals surface area contributed by atoms with Crippen molar-refractivity contribution in [3.05, 3.63) is 47.8 Å². The monoisotopic (exact) mass is 269 g/mol. The summed E-state index contributed by atoms with van der Waals surface area (Å²) in [6, 6.07) is 10.9. The third-order valence-electron chi connectivity index (χ3n) is 3.01.